The second-order valence-electron chi connectivity index (χ2n) is 8.96. The number of ether oxygens (including phenoxy) is 1. The Bertz CT molecular complexity index is 1340. The summed E-state index contributed by atoms with van der Waals surface area (Å²) < 4.78 is 35.1. The van der Waals surface area contributed by atoms with Crippen LogP contribution in [0.2, 0.25) is 0 Å². The number of carbonyl (C=O) groups is 1. The maximum Gasteiger partial charge on any atom is 0.230 e. The Hall–Kier alpha value is -3.62. The molecule has 34 heavy (non-hydrogen) atoms. The quantitative estimate of drug-likeness (QED) is 0.631. The highest BCUT2D eigenvalue weighted by atomic mass is 19.1. The molecule has 5 heterocycles. The van der Waals surface area contributed by atoms with Crippen molar-refractivity contribution in [3.63, 3.8) is 0 Å². The Morgan fingerprint density at radius 2 is 2.09 bits per heavy atom. The SMILES string of the molecule is [2H]c1cc([2H])nc(-c2cc3c(nc2C)N[C@@]2(CC3)CCN(C(=O)C(C)c3cc(OC)ncc3F)C2)n1. The van der Waals surface area contributed by atoms with Gasteiger partial charge in [-0.2, -0.15) is 0 Å². The number of halogens is 1. The molecule has 2 aliphatic rings. The minimum absolute atomic E-state index is 0.00534. The summed E-state index contributed by atoms with van der Waals surface area (Å²) in [4.78, 5) is 32.0. The van der Waals surface area contributed by atoms with E-state index >= 15 is 0 Å². The molecule has 0 saturated carbocycles. The third-order valence-electron chi connectivity index (χ3n) is 6.83. The van der Waals surface area contributed by atoms with Crippen LogP contribution in [0.1, 0.15) is 45.2 Å². The van der Waals surface area contributed by atoms with E-state index in [1.165, 1.54) is 19.2 Å². The van der Waals surface area contributed by atoms with Gasteiger partial charge in [0.1, 0.15) is 11.6 Å². The molecule has 176 valence electrons. The summed E-state index contributed by atoms with van der Waals surface area (Å²) in [6, 6.07) is 4.75. The van der Waals surface area contributed by atoms with Gasteiger partial charge < -0.3 is 15.0 Å². The van der Waals surface area contributed by atoms with Crippen molar-refractivity contribution in [2.24, 2.45) is 0 Å². The zero-order valence-electron chi connectivity index (χ0n) is 21.4. The van der Waals surface area contributed by atoms with Crippen molar-refractivity contribution in [1.29, 1.82) is 0 Å². The number of hydrogen-bond acceptors (Lipinski definition) is 7. The maximum absolute atomic E-state index is 14.4. The molecule has 0 radical (unpaired) electrons. The number of aryl methyl sites for hydroxylation is 2. The van der Waals surface area contributed by atoms with E-state index in [-0.39, 0.29) is 35.2 Å². The second kappa shape index (κ2) is 8.62. The molecule has 1 amide bonds. The number of amides is 1. The van der Waals surface area contributed by atoms with Crippen LogP contribution in [-0.2, 0) is 11.2 Å². The van der Waals surface area contributed by atoms with Crippen molar-refractivity contribution in [3.8, 4) is 17.3 Å². The lowest BCUT2D eigenvalue weighted by atomic mass is 9.86. The monoisotopic (exact) mass is 464 g/mol. The van der Waals surface area contributed by atoms with Gasteiger partial charge in [-0.15, -0.1) is 0 Å². The van der Waals surface area contributed by atoms with Crippen molar-refractivity contribution in [1.82, 2.24) is 24.8 Å². The molecule has 9 heteroatoms. The summed E-state index contributed by atoms with van der Waals surface area (Å²) >= 11 is 0. The van der Waals surface area contributed by atoms with Crippen LogP contribution in [0, 0.1) is 12.7 Å². The first kappa shape index (κ1) is 19.8. The van der Waals surface area contributed by atoms with Gasteiger partial charge in [-0.3, -0.25) is 4.79 Å². The summed E-state index contributed by atoms with van der Waals surface area (Å²) in [6.45, 7) is 4.64. The lowest BCUT2D eigenvalue weighted by Crippen LogP contribution is -2.46. The number of nitrogens with zero attached hydrogens (tertiary/aromatic N) is 5. The molecule has 5 rings (SSSR count). The number of likely N-dealkylation sites (tertiary alicyclic amines) is 1. The third kappa shape index (κ3) is 3.95. The van der Waals surface area contributed by atoms with Crippen LogP contribution in [0.15, 0.2) is 36.7 Å². The van der Waals surface area contributed by atoms with E-state index in [1.807, 2.05) is 13.0 Å². The molecule has 0 bridgehead atoms. The molecule has 2 aliphatic heterocycles. The van der Waals surface area contributed by atoms with Crippen LogP contribution in [-0.4, -0.2) is 56.5 Å². The van der Waals surface area contributed by atoms with Gasteiger partial charge in [-0.05, 0) is 50.8 Å². The molecule has 1 saturated heterocycles. The van der Waals surface area contributed by atoms with Crippen LogP contribution in [0.5, 0.6) is 5.88 Å². The highest BCUT2D eigenvalue weighted by Crippen LogP contribution is 2.38. The van der Waals surface area contributed by atoms with Gasteiger partial charge in [-0.1, -0.05) is 0 Å². The van der Waals surface area contributed by atoms with Crippen LogP contribution < -0.4 is 10.1 Å². The zero-order chi connectivity index (χ0) is 25.6. The first-order valence-corrected chi connectivity index (χ1v) is 11.3. The molecule has 1 N–H and O–H groups in total. The number of methoxy groups -OCH3 is 1. The predicted molar refractivity (Wildman–Crippen MR) is 125 cm³/mol. The van der Waals surface area contributed by atoms with Crippen molar-refractivity contribution in [2.75, 3.05) is 25.5 Å². The fourth-order valence-corrected chi connectivity index (χ4v) is 4.87. The summed E-state index contributed by atoms with van der Waals surface area (Å²) in [5.74, 6) is 0.0442. The van der Waals surface area contributed by atoms with E-state index in [4.69, 9.17) is 12.5 Å². The van der Waals surface area contributed by atoms with E-state index in [9.17, 15) is 9.18 Å². The summed E-state index contributed by atoms with van der Waals surface area (Å²) in [7, 11) is 1.46. The van der Waals surface area contributed by atoms with Gasteiger partial charge in [0.15, 0.2) is 5.82 Å². The molecule has 1 unspecified atom stereocenters. The Morgan fingerprint density at radius 1 is 1.29 bits per heavy atom. The predicted octanol–water partition coefficient (Wildman–Crippen LogP) is 3.52. The topological polar surface area (TPSA) is 93.1 Å². The number of rotatable bonds is 4. The fraction of sp³-hybridized carbons (Fsp3) is 0.400. The number of fused-ring (bicyclic) bond motifs is 1. The largest absolute Gasteiger partial charge is 0.481 e. The number of anilines is 1. The van der Waals surface area contributed by atoms with Crippen LogP contribution >= 0.6 is 0 Å². The molecular weight excluding hydrogens is 435 g/mol. The van der Waals surface area contributed by atoms with E-state index in [0.29, 0.717) is 30.2 Å². The van der Waals surface area contributed by atoms with Crippen LogP contribution in [0.25, 0.3) is 11.4 Å². The number of aromatic nitrogens is 4. The highest BCUT2D eigenvalue weighted by Gasteiger charge is 2.43. The summed E-state index contributed by atoms with van der Waals surface area (Å²) in [5, 5.41) is 3.58. The smallest absolute Gasteiger partial charge is 0.230 e. The molecule has 3 aromatic rings. The number of nitrogens with one attached hydrogen (secondary N) is 1. The standard InChI is InChI=1S/C25H27FN6O2/c1-15(18-12-21(34-3)29-13-20(18)26)24(33)32-10-7-25(14-32)6-5-17-11-19(16(2)30-22(17)31-25)23-27-8-4-9-28-23/h4,8-9,11-13,15H,5-7,10,14H2,1-3H3,(H,30,31)/t15?,25-/m0/s1/i8D,9D. The van der Waals surface area contributed by atoms with Gasteiger partial charge >= 0.3 is 0 Å². The molecule has 8 nitrogen and oxygen atoms in total. The van der Waals surface area contributed by atoms with Crippen molar-refractivity contribution in [3.05, 3.63) is 59.4 Å². The molecule has 0 aromatic carbocycles. The van der Waals surface area contributed by atoms with Gasteiger partial charge in [0.25, 0.3) is 0 Å². The lowest BCUT2D eigenvalue weighted by Gasteiger charge is -2.36. The molecular formula is C25H27FN6O2. The molecule has 3 aromatic heterocycles. The zero-order valence-corrected chi connectivity index (χ0v) is 19.4. The third-order valence-corrected chi connectivity index (χ3v) is 6.83. The van der Waals surface area contributed by atoms with Crippen molar-refractivity contribution in [2.45, 2.75) is 44.6 Å². The molecule has 1 fully saturated rings. The van der Waals surface area contributed by atoms with E-state index in [1.54, 1.807) is 11.8 Å². The first-order valence-electron chi connectivity index (χ1n) is 12.3. The maximum atomic E-state index is 14.4. The Labute approximate surface area is 200 Å². The Kier molecular flexibility index (Phi) is 5.03. The minimum Gasteiger partial charge on any atom is -0.481 e. The number of hydrogen-bond donors (Lipinski definition) is 1. The Balaban J connectivity index is 1.34. The minimum atomic E-state index is -0.662. The Morgan fingerprint density at radius 3 is 2.85 bits per heavy atom. The average Bonchev–Trinajstić information content (AvgIpc) is 3.25. The van der Waals surface area contributed by atoms with Gasteiger partial charge in [0.05, 0.1) is 33.2 Å². The van der Waals surface area contributed by atoms with E-state index in [0.717, 1.165) is 36.8 Å². The lowest BCUT2D eigenvalue weighted by molar-refractivity contribution is -0.131. The van der Waals surface area contributed by atoms with Crippen LogP contribution in [0.3, 0.4) is 0 Å². The van der Waals surface area contributed by atoms with Crippen LogP contribution in [0.4, 0.5) is 10.2 Å². The normalized spacial score (nSPS) is 20.9. The summed E-state index contributed by atoms with van der Waals surface area (Å²) in [6.07, 6.45) is 3.40. The molecule has 2 atom stereocenters. The highest BCUT2D eigenvalue weighted by molar-refractivity contribution is 5.84. The first-order chi connectivity index (χ1) is 17.2. The van der Waals surface area contributed by atoms with Gasteiger partial charge in [0, 0.05) is 42.6 Å². The number of carbonyl (C=O) groups excluding carboxylic acids is 1. The fourth-order valence-electron chi connectivity index (χ4n) is 4.87. The van der Waals surface area contributed by atoms with Crippen molar-refractivity contribution >= 4 is 11.7 Å². The van der Waals surface area contributed by atoms with E-state index < -0.39 is 11.7 Å². The second-order valence-corrected chi connectivity index (χ2v) is 8.96. The number of pyridine rings is 2. The van der Waals surface area contributed by atoms with Gasteiger partial charge in [0.2, 0.25) is 11.8 Å². The van der Waals surface area contributed by atoms with Gasteiger partial charge in [-0.25, -0.2) is 24.3 Å². The molecule has 0 aliphatic carbocycles. The molecule has 1 spiro atoms. The average molecular weight is 465 g/mol. The summed E-state index contributed by atoms with van der Waals surface area (Å²) in [5.41, 5.74) is 2.39. The van der Waals surface area contributed by atoms with Crippen molar-refractivity contribution < 1.29 is 16.7 Å². The van der Waals surface area contributed by atoms with E-state index in [2.05, 4.69) is 20.3 Å².